The van der Waals surface area contributed by atoms with Gasteiger partial charge in [0, 0.05) is 41.3 Å². The van der Waals surface area contributed by atoms with E-state index in [2.05, 4.69) is 52.3 Å². The van der Waals surface area contributed by atoms with Gasteiger partial charge in [-0.15, -0.1) is 0 Å². The average Bonchev–Trinajstić information content (AvgIpc) is 3.30. The predicted octanol–water partition coefficient (Wildman–Crippen LogP) is 5.10. The maximum Gasteiger partial charge on any atom is 0.0787 e. The molecule has 2 aliphatic heterocycles. The second-order valence-corrected chi connectivity index (χ2v) is 7.85. The van der Waals surface area contributed by atoms with E-state index < -0.39 is 0 Å². The maximum absolute atomic E-state index is 6.27. The Labute approximate surface area is 158 Å². The Morgan fingerprint density at radius 2 is 2.04 bits per heavy atom. The monoisotopic (exact) mass is 366 g/mol. The number of aromatic nitrogens is 1. The first kappa shape index (κ1) is 16.4. The van der Waals surface area contributed by atoms with Crippen molar-refractivity contribution < 1.29 is 4.74 Å². The molecule has 26 heavy (non-hydrogen) atoms. The van der Waals surface area contributed by atoms with Crippen LogP contribution in [0, 0.1) is 0 Å². The lowest BCUT2D eigenvalue weighted by Gasteiger charge is -2.38. The molecule has 0 saturated carbocycles. The predicted molar refractivity (Wildman–Crippen MR) is 106 cm³/mol. The molecule has 3 nitrogen and oxygen atoms in total. The van der Waals surface area contributed by atoms with Crippen LogP contribution < -0.4 is 0 Å². The summed E-state index contributed by atoms with van der Waals surface area (Å²) < 4.78 is 6.15. The Balaban J connectivity index is 1.57. The summed E-state index contributed by atoms with van der Waals surface area (Å²) in [7, 11) is 0. The quantitative estimate of drug-likeness (QED) is 0.698. The largest absolute Gasteiger partial charge is 0.376 e. The van der Waals surface area contributed by atoms with Crippen LogP contribution in [0.4, 0.5) is 0 Å². The van der Waals surface area contributed by atoms with E-state index in [9.17, 15) is 0 Å². The number of halogens is 1. The van der Waals surface area contributed by atoms with Crippen LogP contribution in [0.5, 0.6) is 0 Å². The lowest BCUT2D eigenvalue weighted by Crippen LogP contribution is -2.41. The number of hydrogen-bond acceptors (Lipinski definition) is 2. The van der Waals surface area contributed by atoms with Crippen molar-refractivity contribution in [1.29, 1.82) is 0 Å². The van der Waals surface area contributed by atoms with Crippen molar-refractivity contribution in [1.82, 2.24) is 9.88 Å². The molecule has 5 rings (SSSR count). The SMILES string of the molecule is Clc1ccc2[nH]c3c(c2c1)CCN(Cc1ccccc1)C3C1CCCO1. The first-order chi connectivity index (χ1) is 12.8. The Kier molecular flexibility index (Phi) is 4.24. The molecule has 0 aliphatic carbocycles. The summed E-state index contributed by atoms with van der Waals surface area (Å²) in [5, 5.41) is 2.08. The zero-order valence-electron chi connectivity index (χ0n) is 14.7. The zero-order valence-corrected chi connectivity index (χ0v) is 15.5. The van der Waals surface area contributed by atoms with Gasteiger partial charge in [0.25, 0.3) is 0 Å². The van der Waals surface area contributed by atoms with Gasteiger partial charge in [-0.25, -0.2) is 0 Å². The maximum atomic E-state index is 6.27. The van der Waals surface area contributed by atoms with Crippen molar-refractivity contribution in [2.75, 3.05) is 13.2 Å². The van der Waals surface area contributed by atoms with Crippen LogP contribution in [0.3, 0.4) is 0 Å². The fourth-order valence-corrected chi connectivity index (χ4v) is 4.78. The zero-order chi connectivity index (χ0) is 17.5. The van der Waals surface area contributed by atoms with Crippen molar-refractivity contribution in [2.24, 2.45) is 0 Å². The van der Waals surface area contributed by atoms with E-state index >= 15 is 0 Å². The van der Waals surface area contributed by atoms with Crippen LogP contribution in [-0.2, 0) is 17.7 Å². The molecule has 0 spiro atoms. The summed E-state index contributed by atoms with van der Waals surface area (Å²) in [4.78, 5) is 6.29. The number of H-pyrrole nitrogens is 1. The van der Waals surface area contributed by atoms with E-state index in [0.717, 1.165) is 44.0 Å². The number of aromatic amines is 1. The Morgan fingerprint density at radius 1 is 1.15 bits per heavy atom. The lowest BCUT2D eigenvalue weighted by atomic mass is 9.92. The van der Waals surface area contributed by atoms with Gasteiger partial charge in [-0.1, -0.05) is 41.9 Å². The van der Waals surface area contributed by atoms with Gasteiger partial charge in [-0.05, 0) is 48.6 Å². The highest BCUT2D eigenvalue weighted by molar-refractivity contribution is 6.31. The van der Waals surface area contributed by atoms with E-state index in [4.69, 9.17) is 16.3 Å². The number of rotatable bonds is 3. The molecular weight excluding hydrogens is 344 g/mol. The number of nitrogens with one attached hydrogen (secondary N) is 1. The van der Waals surface area contributed by atoms with Gasteiger partial charge in [-0.2, -0.15) is 0 Å². The van der Waals surface area contributed by atoms with E-state index in [1.165, 1.54) is 27.7 Å². The van der Waals surface area contributed by atoms with Gasteiger partial charge < -0.3 is 9.72 Å². The minimum atomic E-state index is 0.265. The molecule has 1 saturated heterocycles. The number of fused-ring (bicyclic) bond motifs is 3. The van der Waals surface area contributed by atoms with Crippen molar-refractivity contribution in [2.45, 2.75) is 38.0 Å². The first-order valence-corrected chi connectivity index (χ1v) is 9.87. The van der Waals surface area contributed by atoms with Crippen LogP contribution >= 0.6 is 11.6 Å². The van der Waals surface area contributed by atoms with E-state index in [0.29, 0.717) is 0 Å². The smallest absolute Gasteiger partial charge is 0.0787 e. The topological polar surface area (TPSA) is 28.3 Å². The molecule has 2 aromatic carbocycles. The van der Waals surface area contributed by atoms with E-state index in [1.54, 1.807) is 0 Å². The molecule has 0 radical (unpaired) electrons. The third-order valence-electron chi connectivity index (χ3n) is 5.78. The molecule has 1 fully saturated rings. The standard InChI is InChI=1S/C22H23ClN2O/c23-16-8-9-19-18(13-16)17-10-11-25(14-15-5-2-1-3-6-15)22(21(17)24-19)20-7-4-12-26-20/h1-3,5-6,8-9,13,20,22,24H,4,7,10-12,14H2. The average molecular weight is 367 g/mol. The molecule has 0 bridgehead atoms. The highest BCUT2D eigenvalue weighted by atomic mass is 35.5. The number of hydrogen-bond donors (Lipinski definition) is 1. The first-order valence-electron chi connectivity index (χ1n) is 9.49. The Hall–Kier alpha value is -1.81. The van der Waals surface area contributed by atoms with E-state index in [1.807, 2.05) is 6.07 Å². The van der Waals surface area contributed by atoms with Gasteiger partial charge in [0.2, 0.25) is 0 Å². The molecule has 4 heteroatoms. The van der Waals surface area contributed by atoms with Crippen LogP contribution in [0.15, 0.2) is 48.5 Å². The third kappa shape index (κ3) is 2.84. The highest BCUT2D eigenvalue weighted by Gasteiger charge is 2.38. The second kappa shape index (κ2) is 6.73. The summed E-state index contributed by atoms with van der Waals surface area (Å²) in [6, 6.07) is 17.2. The van der Waals surface area contributed by atoms with Crippen molar-refractivity contribution >= 4 is 22.5 Å². The van der Waals surface area contributed by atoms with Gasteiger partial charge in [0.05, 0.1) is 12.1 Å². The fraction of sp³-hybridized carbons (Fsp3) is 0.364. The molecular formula is C22H23ClN2O. The van der Waals surface area contributed by atoms with Crippen molar-refractivity contribution in [3.63, 3.8) is 0 Å². The van der Waals surface area contributed by atoms with Crippen LogP contribution in [0.2, 0.25) is 5.02 Å². The van der Waals surface area contributed by atoms with Crippen LogP contribution in [0.25, 0.3) is 10.9 Å². The summed E-state index contributed by atoms with van der Waals surface area (Å²) in [6.07, 6.45) is 3.60. The summed E-state index contributed by atoms with van der Waals surface area (Å²) in [6.45, 7) is 2.88. The molecule has 3 aromatic rings. The fourth-order valence-electron chi connectivity index (χ4n) is 4.61. The Morgan fingerprint density at radius 3 is 2.85 bits per heavy atom. The molecule has 2 aliphatic rings. The highest BCUT2D eigenvalue weighted by Crippen LogP contribution is 2.41. The summed E-state index contributed by atoms with van der Waals surface area (Å²) in [5.41, 5.74) is 5.30. The number of ether oxygens (including phenoxy) is 1. The van der Waals surface area contributed by atoms with Gasteiger partial charge in [0.1, 0.15) is 0 Å². The van der Waals surface area contributed by atoms with Crippen LogP contribution in [0.1, 0.15) is 35.7 Å². The second-order valence-electron chi connectivity index (χ2n) is 7.41. The molecule has 134 valence electrons. The molecule has 1 aromatic heterocycles. The molecule has 1 N–H and O–H groups in total. The van der Waals surface area contributed by atoms with Gasteiger partial charge in [-0.3, -0.25) is 4.90 Å². The normalized spacial score (nSPS) is 23.4. The van der Waals surface area contributed by atoms with Gasteiger partial charge >= 0.3 is 0 Å². The lowest BCUT2D eigenvalue weighted by molar-refractivity contribution is 0.0125. The molecule has 2 atom stereocenters. The number of benzene rings is 2. The minimum absolute atomic E-state index is 0.265. The van der Waals surface area contributed by atoms with Crippen molar-refractivity contribution in [3.8, 4) is 0 Å². The van der Waals surface area contributed by atoms with E-state index in [-0.39, 0.29) is 12.1 Å². The summed E-state index contributed by atoms with van der Waals surface area (Å²) in [5.74, 6) is 0. The molecule has 3 heterocycles. The van der Waals surface area contributed by atoms with Crippen molar-refractivity contribution in [3.05, 3.63) is 70.4 Å². The van der Waals surface area contributed by atoms with Gasteiger partial charge in [0.15, 0.2) is 0 Å². The minimum Gasteiger partial charge on any atom is -0.376 e. The molecule has 2 unspecified atom stereocenters. The third-order valence-corrected chi connectivity index (χ3v) is 6.02. The molecule has 0 amide bonds. The Bertz CT molecular complexity index is 915. The van der Waals surface area contributed by atoms with Crippen LogP contribution in [-0.4, -0.2) is 29.1 Å². The summed E-state index contributed by atoms with van der Waals surface area (Å²) >= 11 is 6.27. The number of nitrogens with zero attached hydrogens (tertiary/aromatic N) is 1.